The lowest BCUT2D eigenvalue weighted by Crippen LogP contribution is -2.38. The van der Waals surface area contributed by atoms with E-state index < -0.39 is 21.7 Å². The van der Waals surface area contributed by atoms with Crippen molar-refractivity contribution in [2.24, 2.45) is 5.73 Å². The first kappa shape index (κ1) is 16.3. The number of amides is 2. The molecular formula is C14H18N2O5S. The summed E-state index contributed by atoms with van der Waals surface area (Å²) in [6.45, 7) is 1.52. The Morgan fingerprint density at radius 1 is 1.41 bits per heavy atom. The molecule has 0 saturated carbocycles. The molecule has 1 aliphatic heterocycles. The summed E-state index contributed by atoms with van der Waals surface area (Å²) >= 11 is 0. The Labute approximate surface area is 128 Å². The number of nitrogens with two attached hydrogens (primary N) is 1. The van der Waals surface area contributed by atoms with Gasteiger partial charge in [-0.1, -0.05) is 6.07 Å². The standard InChI is InChI=1S/C14H18N2O5S/c1-9-2-3-11(14(15)18)12(6-9)21-7-13(17)16-10-4-5-22(19,20)8-10/h2-3,6,10H,4-5,7-8H2,1H3,(H2,15,18)(H,16,17)/t10-/m1/s1. The van der Waals surface area contributed by atoms with Crippen molar-refractivity contribution >= 4 is 21.7 Å². The Morgan fingerprint density at radius 2 is 2.14 bits per heavy atom. The van der Waals surface area contributed by atoms with Gasteiger partial charge in [0.2, 0.25) is 0 Å². The second-order valence-corrected chi connectivity index (χ2v) is 7.55. The average Bonchev–Trinajstić information content (AvgIpc) is 2.75. The first-order chi connectivity index (χ1) is 10.3. The van der Waals surface area contributed by atoms with Crippen molar-refractivity contribution in [2.75, 3.05) is 18.1 Å². The van der Waals surface area contributed by atoms with Crippen LogP contribution < -0.4 is 15.8 Å². The molecule has 7 nitrogen and oxygen atoms in total. The fraction of sp³-hybridized carbons (Fsp3) is 0.429. The van der Waals surface area contributed by atoms with E-state index in [-0.39, 0.29) is 35.5 Å². The molecule has 120 valence electrons. The van der Waals surface area contributed by atoms with E-state index >= 15 is 0 Å². The van der Waals surface area contributed by atoms with Gasteiger partial charge in [-0.2, -0.15) is 0 Å². The minimum Gasteiger partial charge on any atom is -0.483 e. The summed E-state index contributed by atoms with van der Waals surface area (Å²) in [5.41, 5.74) is 6.31. The number of carbonyl (C=O) groups is 2. The van der Waals surface area contributed by atoms with E-state index in [9.17, 15) is 18.0 Å². The van der Waals surface area contributed by atoms with Crippen molar-refractivity contribution < 1.29 is 22.7 Å². The maximum absolute atomic E-state index is 11.8. The van der Waals surface area contributed by atoms with Gasteiger partial charge in [-0.05, 0) is 31.0 Å². The molecule has 1 fully saturated rings. The summed E-state index contributed by atoms with van der Waals surface area (Å²) in [7, 11) is -3.05. The van der Waals surface area contributed by atoms with Crippen LogP contribution in [0.1, 0.15) is 22.3 Å². The van der Waals surface area contributed by atoms with Gasteiger partial charge < -0.3 is 15.8 Å². The molecule has 0 unspecified atom stereocenters. The highest BCUT2D eigenvalue weighted by molar-refractivity contribution is 7.91. The highest BCUT2D eigenvalue weighted by atomic mass is 32.2. The number of ether oxygens (including phenoxy) is 1. The summed E-state index contributed by atoms with van der Waals surface area (Å²) in [6, 6.07) is 4.49. The third-order valence-corrected chi connectivity index (χ3v) is 5.13. The molecule has 8 heteroatoms. The molecule has 0 aromatic heterocycles. The van der Waals surface area contributed by atoms with Crippen LogP contribution in [-0.4, -0.2) is 44.4 Å². The first-order valence-corrected chi connectivity index (χ1v) is 8.62. The monoisotopic (exact) mass is 326 g/mol. The second kappa shape index (κ2) is 6.35. The highest BCUT2D eigenvalue weighted by Gasteiger charge is 2.28. The number of sulfone groups is 1. The Hall–Kier alpha value is -2.09. The van der Waals surface area contributed by atoms with Crippen LogP contribution in [0.3, 0.4) is 0 Å². The van der Waals surface area contributed by atoms with Gasteiger partial charge in [-0.25, -0.2) is 8.42 Å². The molecule has 0 radical (unpaired) electrons. The van der Waals surface area contributed by atoms with Gasteiger partial charge in [0.15, 0.2) is 16.4 Å². The lowest BCUT2D eigenvalue weighted by atomic mass is 10.1. The molecule has 2 amide bonds. The molecule has 3 N–H and O–H groups in total. The van der Waals surface area contributed by atoms with Gasteiger partial charge in [-0.3, -0.25) is 9.59 Å². The number of hydrogen-bond donors (Lipinski definition) is 2. The third kappa shape index (κ3) is 4.20. The maximum Gasteiger partial charge on any atom is 0.258 e. The van der Waals surface area contributed by atoms with Crippen LogP contribution in [0, 0.1) is 6.92 Å². The van der Waals surface area contributed by atoms with Crippen LogP contribution in [0.5, 0.6) is 5.75 Å². The molecule has 1 aromatic rings. The van der Waals surface area contributed by atoms with E-state index in [0.29, 0.717) is 6.42 Å². The Morgan fingerprint density at radius 3 is 2.73 bits per heavy atom. The van der Waals surface area contributed by atoms with Crippen LogP contribution in [-0.2, 0) is 14.6 Å². The molecule has 1 aliphatic rings. The summed E-state index contributed by atoms with van der Waals surface area (Å²) in [6.07, 6.45) is 0.408. The molecule has 0 aliphatic carbocycles. The molecule has 1 atom stereocenters. The van der Waals surface area contributed by atoms with Crippen molar-refractivity contribution in [3.8, 4) is 5.75 Å². The smallest absolute Gasteiger partial charge is 0.258 e. The fourth-order valence-electron chi connectivity index (χ4n) is 2.27. The van der Waals surface area contributed by atoms with Gasteiger partial charge in [0, 0.05) is 6.04 Å². The van der Waals surface area contributed by atoms with Gasteiger partial charge in [-0.15, -0.1) is 0 Å². The minimum atomic E-state index is -3.05. The molecule has 1 saturated heterocycles. The molecule has 2 rings (SSSR count). The lowest BCUT2D eigenvalue weighted by molar-refractivity contribution is -0.123. The highest BCUT2D eigenvalue weighted by Crippen LogP contribution is 2.20. The van der Waals surface area contributed by atoms with Crippen molar-refractivity contribution in [3.05, 3.63) is 29.3 Å². The van der Waals surface area contributed by atoms with E-state index in [0.717, 1.165) is 5.56 Å². The number of rotatable bonds is 5. The summed E-state index contributed by atoms with van der Waals surface area (Å²) in [5.74, 6) is -0.795. The van der Waals surface area contributed by atoms with E-state index in [2.05, 4.69) is 5.32 Å². The van der Waals surface area contributed by atoms with E-state index in [1.165, 1.54) is 6.07 Å². The zero-order chi connectivity index (χ0) is 16.3. The third-order valence-electron chi connectivity index (χ3n) is 3.36. The number of hydrogen-bond acceptors (Lipinski definition) is 5. The van der Waals surface area contributed by atoms with Crippen molar-refractivity contribution in [1.29, 1.82) is 0 Å². The Bertz CT molecular complexity index is 699. The van der Waals surface area contributed by atoms with Crippen LogP contribution in [0.15, 0.2) is 18.2 Å². The van der Waals surface area contributed by atoms with Crippen LogP contribution >= 0.6 is 0 Å². The predicted octanol–water partition coefficient (Wildman–Crippen LogP) is -0.224. The number of aryl methyl sites for hydroxylation is 1. The first-order valence-electron chi connectivity index (χ1n) is 6.80. The number of benzene rings is 1. The van der Waals surface area contributed by atoms with Crippen LogP contribution in [0.2, 0.25) is 0 Å². The van der Waals surface area contributed by atoms with Crippen LogP contribution in [0.4, 0.5) is 0 Å². The SMILES string of the molecule is Cc1ccc(C(N)=O)c(OCC(=O)N[C@@H]2CCS(=O)(=O)C2)c1. The molecule has 22 heavy (non-hydrogen) atoms. The second-order valence-electron chi connectivity index (χ2n) is 5.32. The molecule has 0 bridgehead atoms. The summed E-state index contributed by atoms with van der Waals surface area (Å²) in [4.78, 5) is 23.1. The van der Waals surface area contributed by atoms with E-state index in [1.807, 2.05) is 6.92 Å². The molecule has 1 heterocycles. The van der Waals surface area contributed by atoms with Crippen molar-refractivity contribution in [1.82, 2.24) is 5.32 Å². The van der Waals surface area contributed by atoms with Gasteiger partial charge in [0.25, 0.3) is 11.8 Å². The zero-order valence-corrected chi connectivity index (χ0v) is 13.0. The molecular weight excluding hydrogens is 308 g/mol. The predicted molar refractivity (Wildman–Crippen MR) is 80.4 cm³/mol. The summed E-state index contributed by atoms with van der Waals surface area (Å²) < 4.78 is 28.0. The molecule has 1 aromatic carbocycles. The van der Waals surface area contributed by atoms with Gasteiger partial charge in [0.05, 0.1) is 17.1 Å². The van der Waals surface area contributed by atoms with E-state index in [1.54, 1.807) is 12.1 Å². The number of primary amides is 1. The minimum absolute atomic E-state index is 0.0459. The Kier molecular flexibility index (Phi) is 4.70. The number of nitrogens with one attached hydrogen (secondary N) is 1. The van der Waals surface area contributed by atoms with Crippen LogP contribution in [0.25, 0.3) is 0 Å². The van der Waals surface area contributed by atoms with E-state index in [4.69, 9.17) is 10.5 Å². The Balaban J connectivity index is 1.94. The molecule has 0 spiro atoms. The fourth-order valence-corrected chi connectivity index (χ4v) is 3.95. The topological polar surface area (TPSA) is 116 Å². The zero-order valence-electron chi connectivity index (χ0n) is 12.2. The largest absolute Gasteiger partial charge is 0.483 e. The van der Waals surface area contributed by atoms with Crippen molar-refractivity contribution in [2.45, 2.75) is 19.4 Å². The van der Waals surface area contributed by atoms with Crippen molar-refractivity contribution in [3.63, 3.8) is 0 Å². The lowest BCUT2D eigenvalue weighted by Gasteiger charge is -2.13. The van der Waals surface area contributed by atoms with Gasteiger partial charge in [0.1, 0.15) is 5.75 Å². The van der Waals surface area contributed by atoms with Gasteiger partial charge >= 0.3 is 0 Å². The average molecular weight is 326 g/mol. The number of carbonyl (C=O) groups excluding carboxylic acids is 2. The quantitative estimate of drug-likeness (QED) is 0.776. The normalized spacial score (nSPS) is 19.6. The summed E-state index contributed by atoms with van der Waals surface area (Å²) in [5, 5.41) is 2.61. The maximum atomic E-state index is 11.8.